The Kier molecular flexibility index (Phi) is 9.46. The van der Waals surface area contributed by atoms with E-state index in [1.807, 2.05) is 47.0 Å². The lowest BCUT2D eigenvalue weighted by Crippen LogP contribution is -2.54. The largest absolute Gasteiger partial charge is 0.355 e. The van der Waals surface area contributed by atoms with Crippen molar-refractivity contribution in [1.82, 2.24) is 20.4 Å². The van der Waals surface area contributed by atoms with Crippen molar-refractivity contribution >= 4 is 17.7 Å². The predicted octanol–water partition coefficient (Wildman–Crippen LogP) is 2.69. The highest BCUT2D eigenvalue weighted by molar-refractivity contribution is 5.97. The summed E-state index contributed by atoms with van der Waals surface area (Å²) in [6.45, 7) is 12.7. The van der Waals surface area contributed by atoms with E-state index in [1.165, 1.54) is 0 Å². The third-order valence-electron chi connectivity index (χ3n) is 6.20. The minimum Gasteiger partial charge on any atom is -0.355 e. The Labute approximate surface area is 199 Å². The lowest BCUT2D eigenvalue weighted by Gasteiger charge is -2.35. The molecule has 33 heavy (non-hydrogen) atoms. The van der Waals surface area contributed by atoms with Crippen LogP contribution >= 0.6 is 0 Å². The van der Waals surface area contributed by atoms with E-state index in [1.54, 1.807) is 17.0 Å². The number of nitrogens with one attached hydrogen (secondary N) is 2. The molecule has 7 nitrogen and oxygen atoms in total. The number of likely N-dealkylation sites (tertiary alicyclic amines) is 1. The van der Waals surface area contributed by atoms with Crippen LogP contribution in [-0.4, -0.2) is 73.8 Å². The molecule has 2 rings (SSSR count). The average Bonchev–Trinajstić information content (AvgIpc) is 2.74. The highest BCUT2D eigenvalue weighted by atomic mass is 16.2. The fourth-order valence-electron chi connectivity index (χ4n) is 4.38. The molecule has 1 aromatic rings. The maximum absolute atomic E-state index is 13.2. The van der Waals surface area contributed by atoms with Gasteiger partial charge in [0.05, 0.1) is 0 Å². The van der Waals surface area contributed by atoms with E-state index in [0.717, 1.165) is 12.1 Å². The van der Waals surface area contributed by atoms with E-state index in [2.05, 4.69) is 29.4 Å². The van der Waals surface area contributed by atoms with Crippen molar-refractivity contribution in [2.45, 2.75) is 53.5 Å². The van der Waals surface area contributed by atoms with Crippen molar-refractivity contribution < 1.29 is 14.4 Å². The van der Waals surface area contributed by atoms with Crippen LogP contribution in [0, 0.1) is 24.2 Å². The first kappa shape index (κ1) is 26.8. The molecule has 1 saturated heterocycles. The fourth-order valence-corrected chi connectivity index (χ4v) is 4.38. The van der Waals surface area contributed by atoms with Crippen molar-refractivity contribution in [1.29, 1.82) is 0 Å². The van der Waals surface area contributed by atoms with Crippen molar-refractivity contribution in [3.8, 4) is 0 Å². The molecule has 0 spiro atoms. The fraction of sp³-hybridized carbons (Fsp3) is 0.654. The maximum Gasteiger partial charge on any atom is 0.251 e. The highest BCUT2D eigenvalue weighted by Crippen LogP contribution is 2.21. The van der Waals surface area contributed by atoms with Gasteiger partial charge in [-0.2, -0.15) is 0 Å². The number of carbonyl (C=O) groups excluding carboxylic acids is 3. The molecule has 184 valence electrons. The molecule has 0 aliphatic carbocycles. The van der Waals surface area contributed by atoms with Crippen LogP contribution in [0.5, 0.6) is 0 Å². The van der Waals surface area contributed by atoms with Gasteiger partial charge in [0.2, 0.25) is 11.8 Å². The number of carbonyl (C=O) groups is 3. The van der Waals surface area contributed by atoms with Crippen LogP contribution in [0.3, 0.4) is 0 Å². The van der Waals surface area contributed by atoms with Gasteiger partial charge in [-0.25, -0.2) is 0 Å². The Morgan fingerprint density at radius 2 is 1.67 bits per heavy atom. The van der Waals surface area contributed by atoms with Crippen molar-refractivity contribution in [2.24, 2.45) is 17.3 Å². The smallest absolute Gasteiger partial charge is 0.251 e. The lowest BCUT2D eigenvalue weighted by atomic mass is 9.91. The summed E-state index contributed by atoms with van der Waals surface area (Å²) in [6, 6.07) is 6.74. The predicted molar refractivity (Wildman–Crippen MR) is 132 cm³/mol. The Hall–Kier alpha value is -2.41. The second-order valence-corrected chi connectivity index (χ2v) is 10.8. The third kappa shape index (κ3) is 8.14. The number of hydrogen-bond acceptors (Lipinski definition) is 4. The Bertz CT molecular complexity index is 809. The number of amides is 3. The first-order valence-corrected chi connectivity index (χ1v) is 12.0. The zero-order chi connectivity index (χ0) is 24.8. The molecule has 1 aliphatic heterocycles. The molecule has 1 aliphatic rings. The maximum atomic E-state index is 13.2. The Balaban J connectivity index is 1.89. The number of rotatable bonds is 9. The molecular formula is C26H42N4O3. The van der Waals surface area contributed by atoms with E-state index >= 15 is 0 Å². The number of hydrogen-bond donors (Lipinski definition) is 2. The van der Waals surface area contributed by atoms with E-state index in [0.29, 0.717) is 38.0 Å². The molecule has 2 N–H and O–H groups in total. The molecule has 0 bridgehead atoms. The lowest BCUT2D eigenvalue weighted by molar-refractivity contribution is -0.138. The van der Waals surface area contributed by atoms with E-state index in [4.69, 9.17) is 0 Å². The molecular weight excluding hydrogens is 416 g/mol. The summed E-state index contributed by atoms with van der Waals surface area (Å²) in [5, 5.41) is 6.03. The van der Waals surface area contributed by atoms with Crippen LogP contribution in [0.4, 0.5) is 0 Å². The minimum absolute atomic E-state index is 0.00400. The summed E-state index contributed by atoms with van der Waals surface area (Å²) in [5.74, 6) is -0.356. The van der Waals surface area contributed by atoms with Crippen LogP contribution < -0.4 is 10.6 Å². The summed E-state index contributed by atoms with van der Waals surface area (Å²) >= 11 is 0. The first-order valence-electron chi connectivity index (χ1n) is 12.0. The van der Waals surface area contributed by atoms with Crippen molar-refractivity contribution in [3.05, 3.63) is 35.4 Å². The summed E-state index contributed by atoms with van der Waals surface area (Å²) < 4.78 is 0. The summed E-state index contributed by atoms with van der Waals surface area (Å²) in [4.78, 5) is 42.5. The van der Waals surface area contributed by atoms with Crippen LogP contribution in [0.1, 0.15) is 56.5 Å². The number of benzene rings is 1. The van der Waals surface area contributed by atoms with Gasteiger partial charge in [-0.3, -0.25) is 14.4 Å². The molecule has 0 aromatic heterocycles. The molecule has 0 radical (unpaired) electrons. The van der Waals surface area contributed by atoms with Crippen molar-refractivity contribution in [3.63, 3.8) is 0 Å². The van der Waals surface area contributed by atoms with Crippen LogP contribution in [0.2, 0.25) is 0 Å². The standard InChI is InChI=1S/C26H42N4O3/c1-18(2)22(28-24(32)20-10-8-19(3)9-11-20)25(33)30-14-12-21(13-15-30)23(31)27-16-26(4,5)17-29(6)7/h8-11,18,21-22H,12-17H2,1-7H3,(H,27,31)(H,28,32). The van der Waals surface area contributed by atoms with Crippen LogP contribution in [-0.2, 0) is 9.59 Å². The van der Waals surface area contributed by atoms with Gasteiger partial charge in [0.15, 0.2) is 0 Å². The van der Waals surface area contributed by atoms with Crippen LogP contribution in [0.25, 0.3) is 0 Å². The molecule has 1 unspecified atom stereocenters. The van der Waals surface area contributed by atoms with Gasteiger partial charge in [-0.15, -0.1) is 0 Å². The normalized spacial score (nSPS) is 16.1. The molecule has 1 aromatic carbocycles. The van der Waals surface area contributed by atoms with Gasteiger partial charge < -0.3 is 20.4 Å². The van der Waals surface area contributed by atoms with Gasteiger partial charge >= 0.3 is 0 Å². The van der Waals surface area contributed by atoms with Gasteiger partial charge in [-0.05, 0) is 57.3 Å². The molecule has 1 atom stereocenters. The molecule has 1 heterocycles. The number of aryl methyl sites for hydroxylation is 1. The second-order valence-electron chi connectivity index (χ2n) is 10.8. The average molecular weight is 459 g/mol. The number of piperidine rings is 1. The second kappa shape index (κ2) is 11.6. The summed E-state index contributed by atoms with van der Waals surface area (Å²) in [6.07, 6.45) is 1.28. The number of nitrogens with zero attached hydrogens (tertiary/aromatic N) is 2. The topological polar surface area (TPSA) is 81.8 Å². The summed E-state index contributed by atoms with van der Waals surface area (Å²) in [5.41, 5.74) is 1.62. The SMILES string of the molecule is Cc1ccc(C(=O)NC(C(=O)N2CCC(C(=O)NCC(C)(C)CN(C)C)CC2)C(C)C)cc1. The molecule has 0 saturated carbocycles. The van der Waals surface area contributed by atoms with Gasteiger partial charge in [0, 0.05) is 37.7 Å². The molecule has 7 heteroatoms. The van der Waals surface area contributed by atoms with Crippen LogP contribution in [0.15, 0.2) is 24.3 Å². The van der Waals surface area contributed by atoms with Gasteiger partial charge in [-0.1, -0.05) is 45.4 Å². The third-order valence-corrected chi connectivity index (χ3v) is 6.20. The quantitative estimate of drug-likeness (QED) is 0.596. The Morgan fingerprint density at radius 1 is 1.09 bits per heavy atom. The van der Waals surface area contributed by atoms with E-state index < -0.39 is 6.04 Å². The summed E-state index contributed by atoms with van der Waals surface area (Å²) in [7, 11) is 4.06. The van der Waals surface area contributed by atoms with E-state index in [-0.39, 0.29) is 35.0 Å². The zero-order valence-electron chi connectivity index (χ0n) is 21.4. The minimum atomic E-state index is -0.587. The molecule has 3 amide bonds. The van der Waals surface area contributed by atoms with E-state index in [9.17, 15) is 14.4 Å². The highest BCUT2D eigenvalue weighted by Gasteiger charge is 2.33. The molecule has 1 fully saturated rings. The van der Waals surface area contributed by atoms with Gasteiger partial charge in [0.25, 0.3) is 5.91 Å². The monoisotopic (exact) mass is 458 g/mol. The zero-order valence-corrected chi connectivity index (χ0v) is 21.4. The van der Waals surface area contributed by atoms with Crippen molar-refractivity contribution in [2.75, 3.05) is 40.3 Å². The Morgan fingerprint density at radius 3 is 2.18 bits per heavy atom. The first-order chi connectivity index (χ1) is 15.4. The van der Waals surface area contributed by atoms with Gasteiger partial charge in [0.1, 0.15) is 6.04 Å².